The van der Waals surface area contributed by atoms with Crippen molar-refractivity contribution in [3.63, 3.8) is 0 Å². The molecule has 2 heteroatoms. The molecule has 23 heavy (non-hydrogen) atoms. The molecule has 0 bridgehead atoms. The molecule has 0 aliphatic carbocycles. The number of benzene rings is 3. The van der Waals surface area contributed by atoms with Crippen molar-refractivity contribution in [2.24, 2.45) is 0 Å². The Balaban J connectivity index is 1.82. The molecular formula is C21H18N2. The molecule has 2 nitrogen and oxygen atoms in total. The highest BCUT2D eigenvalue weighted by Gasteiger charge is 2.06. The van der Waals surface area contributed by atoms with E-state index < -0.39 is 0 Å². The van der Waals surface area contributed by atoms with Crippen LogP contribution in [0.5, 0.6) is 0 Å². The molecule has 0 saturated carbocycles. The van der Waals surface area contributed by atoms with Crippen molar-refractivity contribution in [3.8, 4) is 0 Å². The number of hydrogen-bond donors (Lipinski definition) is 1. The lowest BCUT2D eigenvalue weighted by Crippen LogP contribution is -1.94. The first-order valence-corrected chi connectivity index (χ1v) is 7.83. The molecular weight excluding hydrogens is 280 g/mol. The highest BCUT2D eigenvalue weighted by atomic mass is 14.7. The predicted octanol–water partition coefficient (Wildman–Crippen LogP) is 4.87. The smallest absolute Gasteiger partial charge is 0.0708 e. The standard InChI is InChI=1S/C21H18N2/c1-14-11-17(19-6-2-3-8-21(19)23-14)13-15-9-10-18-16(12-15)5-4-7-20(18)22/h2-12H,13,22H2,1H3. The second-order valence-electron chi connectivity index (χ2n) is 6.02. The minimum Gasteiger partial charge on any atom is -0.398 e. The summed E-state index contributed by atoms with van der Waals surface area (Å²) >= 11 is 0. The molecule has 0 fully saturated rings. The van der Waals surface area contributed by atoms with Gasteiger partial charge in [-0.15, -0.1) is 0 Å². The first kappa shape index (κ1) is 13.8. The molecule has 0 aliphatic rings. The molecule has 2 N–H and O–H groups in total. The topological polar surface area (TPSA) is 38.9 Å². The lowest BCUT2D eigenvalue weighted by Gasteiger charge is -2.09. The van der Waals surface area contributed by atoms with Crippen LogP contribution in [0, 0.1) is 6.92 Å². The third-order valence-electron chi connectivity index (χ3n) is 4.30. The average molecular weight is 298 g/mol. The van der Waals surface area contributed by atoms with E-state index in [0.717, 1.165) is 28.7 Å². The molecule has 112 valence electrons. The van der Waals surface area contributed by atoms with Crippen LogP contribution in [0.1, 0.15) is 16.8 Å². The summed E-state index contributed by atoms with van der Waals surface area (Å²) in [7, 11) is 0. The summed E-state index contributed by atoms with van der Waals surface area (Å²) in [6, 6.07) is 23.1. The van der Waals surface area contributed by atoms with Gasteiger partial charge in [0.1, 0.15) is 0 Å². The van der Waals surface area contributed by atoms with Crippen molar-refractivity contribution >= 4 is 27.4 Å². The Morgan fingerprint density at radius 3 is 2.65 bits per heavy atom. The maximum absolute atomic E-state index is 6.04. The van der Waals surface area contributed by atoms with Crippen molar-refractivity contribution in [3.05, 3.63) is 83.6 Å². The van der Waals surface area contributed by atoms with Crippen LogP contribution in [0.15, 0.2) is 66.7 Å². The molecule has 0 aliphatic heterocycles. The van der Waals surface area contributed by atoms with E-state index in [1.54, 1.807) is 0 Å². The monoisotopic (exact) mass is 298 g/mol. The zero-order chi connectivity index (χ0) is 15.8. The Kier molecular flexibility index (Phi) is 3.23. The Bertz CT molecular complexity index is 1020. The number of hydrogen-bond acceptors (Lipinski definition) is 2. The largest absolute Gasteiger partial charge is 0.398 e. The number of fused-ring (bicyclic) bond motifs is 2. The van der Waals surface area contributed by atoms with Gasteiger partial charge < -0.3 is 5.73 Å². The number of nitrogens with two attached hydrogens (primary N) is 1. The van der Waals surface area contributed by atoms with E-state index >= 15 is 0 Å². The molecule has 0 atom stereocenters. The van der Waals surface area contributed by atoms with E-state index in [-0.39, 0.29) is 0 Å². The molecule has 0 amide bonds. The van der Waals surface area contributed by atoms with Crippen LogP contribution >= 0.6 is 0 Å². The van der Waals surface area contributed by atoms with Crippen LogP contribution in [-0.4, -0.2) is 4.98 Å². The van der Waals surface area contributed by atoms with Gasteiger partial charge in [0.25, 0.3) is 0 Å². The van der Waals surface area contributed by atoms with E-state index in [1.165, 1.54) is 21.9 Å². The van der Waals surface area contributed by atoms with Gasteiger partial charge in [0.2, 0.25) is 0 Å². The fourth-order valence-corrected chi connectivity index (χ4v) is 3.23. The molecule has 0 spiro atoms. The average Bonchev–Trinajstić information content (AvgIpc) is 2.55. The van der Waals surface area contributed by atoms with Crippen LogP contribution in [0.2, 0.25) is 0 Å². The molecule has 1 aromatic heterocycles. The number of aromatic nitrogens is 1. The summed E-state index contributed by atoms with van der Waals surface area (Å²) < 4.78 is 0. The third-order valence-corrected chi connectivity index (χ3v) is 4.30. The van der Waals surface area contributed by atoms with E-state index in [1.807, 2.05) is 18.2 Å². The Morgan fingerprint density at radius 1 is 0.870 bits per heavy atom. The van der Waals surface area contributed by atoms with Crippen molar-refractivity contribution < 1.29 is 0 Å². The minimum absolute atomic E-state index is 0.833. The van der Waals surface area contributed by atoms with Gasteiger partial charge in [-0.2, -0.15) is 0 Å². The summed E-state index contributed by atoms with van der Waals surface area (Å²) in [5.74, 6) is 0. The van der Waals surface area contributed by atoms with Gasteiger partial charge in [0, 0.05) is 22.2 Å². The van der Waals surface area contributed by atoms with E-state index in [9.17, 15) is 0 Å². The molecule has 0 radical (unpaired) electrons. The first-order valence-electron chi connectivity index (χ1n) is 7.83. The van der Waals surface area contributed by atoms with E-state index in [2.05, 4.69) is 60.4 Å². The second kappa shape index (κ2) is 5.40. The summed E-state index contributed by atoms with van der Waals surface area (Å²) in [5.41, 5.74) is 11.6. The fourth-order valence-electron chi connectivity index (χ4n) is 3.23. The van der Waals surface area contributed by atoms with Gasteiger partial charge in [-0.3, -0.25) is 4.98 Å². The Labute approximate surface area is 135 Å². The molecule has 0 unspecified atom stereocenters. The van der Waals surface area contributed by atoms with Gasteiger partial charge in [-0.05, 0) is 48.1 Å². The molecule has 1 heterocycles. The number of nitrogens with zero attached hydrogens (tertiary/aromatic N) is 1. The number of pyridine rings is 1. The van der Waals surface area contributed by atoms with Gasteiger partial charge >= 0.3 is 0 Å². The maximum Gasteiger partial charge on any atom is 0.0708 e. The van der Waals surface area contributed by atoms with Crippen LogP contribution in [0.3, 0.4) is 0 Å². The van der Waals surface area contributed by atoms with Gasteiger partial charge in [-0.1, -0.05) is 48.5 Å². The maximum atomic E-state index is 6.04. The summed E-state index contributed by atoms with van der Waals surface area (Å²) in [6.45, 7) is 2.05. The molecule has 4 rings (SSSR count). The Hall–Kier alpha value is -2.87. The zero-order valence-corrected chi connectivity index (χ0v) is 13.1. The molecule has 0 saturated heterocycles. The van der Waals surface area contributed by atoms with Crippen LogP contribution < -0.4 is 5.73 Å². The second-order valence-corrected chi connectivity index (χ2v) is 6.02. The van der Waals surface area contributed by atoms with Crippen molar-refractivity contribution in [2.75, 3.05) is 5.73 Å². The quantitative estimate of drug-likeness (QED) is 0.536. The van der Waals surface area contributed by atoms with E-state index in [0.29, 0.717) is 0 Å². The van der Waals surface area contributed by atoms with Crippen LogP contribution in [0.4, 0.5) is 5.69 Å². The van der Waals surface area contributed by atoms with Crippen LogP contribution in [-0.2, 0) is 6.42 Å². The van der Waals surface area contributed by atoms with E-state index in [4.69, 9.17) is 5.73 Å². The normalized spacial score (nSPS) is 11.2. The summed E-state index contributed by atoms with van der Waals surface area (Å²) in [6.07, 6.45) is 0.897. The predicted molar refractivity (Wildman–Crippen MR) is 97.6 cm³/mol. The first-order chi connectivity index (χ1) is 11.2. The lowest BCUT2D eigenvalue weighted by molar-refractivity contribution is 1.17. The highest BCUT2D eigenvalue weighted by Crippen LogP contribution is 2.25. The number of anilines is 1. The zero-order valence-electron chi connectivity index (χ0n) is 13.1. The van der Waals surface area contributed by atoms with Crippen molar-refractivity contribution in [2.45, 2.75) is 13.3 Å². The minimum atomic E-state index is 0.833. The number of nitrogen functional groups attached to an aromatic ring is 1. The van der Waals surface area contributed by atoms with Crippen LogP contribution in [0.25, 0.3) is 21.7 Å². The molecule has 3 aromatic carbocycles. The highest BCUT2D eigenvalue weighted by molar-refractivity contribution is 5.93. The lowest BCUT2D eigenvalue weighted by atomic mass is 9.98. The summed E-state index contributed by atoms with van der Waals surface area (Å²) in [5, 5.41) is 3.54. The fraction of sp³-hybridized carbons (Fsp3) is 0.0952. The van der Waals surface area contributed by atoms with Gasteiger partial charge in [0.15, 0.2) is 0 Å². The van der Waals surface area contributed by atoms with Crippen molar-refractivity contribution in [1.29, 1.82) is 0 Å². The Morgan fingerprint density at radius 2 is 1.74 bits per heavy atom. The number of rotatable bonds is 2. The molecule has 4 aromatic rings. The SMILES string of the molecule is Cc1cc(Cc2ccc3c(N)cccc3c2)c2ccccc2n1. The number of aryl methyl sites for hydroxylation is 1. The van der Waals surface area contributed by atoms with Gasteiger partial charge in [0.05, 0.1) is 5.52 Å². The third kappa shape index (κ3) is 2.53. The van der Waals surface area contributed by atoms with Crippen molar-refractivity contribution in [1.82, 2.24) is 4.98 Å². The number of para-hydroxylation sites is 1. The van der Waals surface area contributed by atoms with Gasteiger partial charge in [-0.25, -0.2) is 0 Å². The summed E-state index contributed by atoms with van der Waals surface area (Å²) in [4.78, 5) is 4.62.